The summed E-state index contributed by atoms with van der Waals surface area (Å²) in [5, 5.41) is 41.9. The topological polar surface area (TPSA) is 211 Å². The first kappa shape index (κ1) is 41.4. The van der Waals surface area contributed by atoms with Crippen molar-refractivity contribution in [1.82, 2.24) is 45.2 Å². The van der Waals surface area contributed by atoms with Crippen LogP contribution in [-0.2, 0) is 9.59 Å². The number of phenols is 1. The maximum absolute atomic E-state index is 14.3. The van der Waals surface area contributed by atoms with Crippen LogP contribution in [0.2, 0.25) is 0 Å². The molecule has 2 bridgehead atoms. The van der Waals surface area contributed by atoms with Gasteiger partial charge in [-0.15, -0.1) is 21.5 Å². The summed E-state index contributed by atoms with van der Waals surface area (Å²) in [6, 6.07) is 18.3. The number of phenolic OH excluding ortho intramolecular Hbond substituents is 1. The number of ether oxygens (including phenoxy) is 1. The molecule has 7 heterocycles. The zero-order valence-corrected chi connectivity index (χ0v) is 36.0. The average Bonchev–Trinajstić information content (AvgIpc) is 4.10. The molecule has 3 aliphatic heterocycles. The first-order chi connectivity index (χ1) is 29.9. The standard InChI is InChI=1S/C45H52N10O6S/c1-24(2)40(45(59)54-22-32(56)19-36(54)44(58)48-25(3)27-9-11-28(12-10-27)42-26(4)47-23-62-42)38-21-39(52-61-38)60-16-15-53-29-13-14-30(53)18-31(17-29)55-35-20-34(33-7-5-6-8-37(33)57)49-50-41(35)43(46)51-55/h5-12,20-21,23-25,29-32,36,40,56-57H,13-19,22H2,1-4H3,(H2,46,51)(H,48,58)/t25-,29?,30?,31?,32+,36-,40+/m0/s1. The summed E-state index contributed by atoms with van der Waals surface area (Å²) >= 11 is 1.59. The predicted octanol–water partition coefficient (Wildman–Crippen LogP) is 6.03. The SMILES string of the molecule is Cc1ncsc1-c1ccc([C@H](C)NC(=O)[C@@H]2C[C@@H](O)CN2C(=O)[C@@H](c2cc(OCCN3C4CCC3CC(n3nc(N)c5nnc(-c6ccccc6O)cc53)C4)no2)C(C)C)cc1. The molecule has 62 heavy (non-hydrogen) atoms. The number of likely N-dealkylation sites (tertiary alicyclic amines) is 1. The summed E-state index contributed by atoms with van der Waals surface area (Å²) in [4.78, 5) is 37.4. The number of para-hydroxylation sites is 1. The summed E-state index contributed by atoms with van der Waals surface area (Å²) in [5.74, 6) is -0.425. The Balaban J connectivity index is 0.812. The number of benzene rings is 2. The van der Waals surface area contributed by atoms with E-state index in [9.17, 15) is 19.8 Å². The second kappa shape index (κ2) is 17.1. The van der Waals surface area contributed by atoms with Gasteiger partial charge in [0.25, 0.3) is 5.88 Å². The van der Waals surface area contributed by atoms with E-state index in [0.717, 1.165) is 52.9 Å². The molecule has 0 saturated carbocycles. The van der Waals surface area contributed by atoms with E-state index in [0.29, 0.717) is 59.5 Å². The number of hydrogen-bond donors (Lipinski definition) is 4. The van der Waals surface area contributed by atoms with Crippen LogP contribution in [0.15, 0.2) is 70.7 Å². The Bertz CT molecular complexity index is 2560. The summed E-state index contributed by atoms with van der Waals surface area (Å²) in [6.07, 6.45) is 3.21. The zero-order chi connectivity index (χ0) is 43.2. The number of nitrogens with zero attached hydrogens (tertiary/aromatic N) is 8. The Labute approximate surface area is 363 Å². The maximum Gasteiger partial charge on any atom is 0.254 e. The molecule has 0 spiro atoms. The summed E-state index contributed by atoms with van der Waals surface area (Å²) in [6.45, 7) is 8.86. The van der Waals surface area contributed by atoms with Gasteiger partial charge in [0.1, 0.15) is 24.3 Å². The Hall–Kier alpha value is -5.91. The number of aromatic nitrogens is 6. The van der Waals surface area contributed by atoms with Gasteiger partial charge in [0, 0.05) is 43.2 Å². The largest absolute Gasteiger partial charge is 0.507 e. The lowest BCUT2D eigenvalue weighted by Crippen LogP contribution is -2.48. The molecule has 6 atom stereocenters. The highest BCUT2D eigenvalue weighted by molar-refractivity contribution is 7.13. The zero-order valence-electron chi connectivity index (χ0n) is 35.2. The highest BCUT2D eigenvalue weighted by Gasteiger charge is 2.44. The van der Waals surface area contributed by atoms with Gasteiger partial charge >= 0.3 is 0 Å². The quantitative estimate of drug-likeness (QED) is 0.105. The minimum atomic E-state index is -0.835. The number of aliphatic hydroxyl groups excluding tert-OH is 1. The van der Waals surface area contributed by atoms with Crippen LogP contribution >= 0.6 is 11.3 Å². The first-order valence-corrected chi connectivity index (χ1v) is 22.3. The van der Waals surface area contributed by atoms with Crippen LogP contribution in [0.5, 0.6) is 11.6 Å². The Morgan fingerprint density at radius 3 is 2.48 bits per heavy atom. The molecule has 3 fully saturated rings. The van der Waals surface area contributed by atoms with Crippen LogP contribution < -0.4 is 15.8 Å². The number of nitrogens with two attached hydrogens (primary N) is 1. The molecule has 16 nitrogen and oxygen atoms in total. The molecule has 2 amide bonds. The minimum Gasteiger partial charge on any atom is -0.507 e. The molecule has 9 rings (SSSR count). The number of aliphatic hydroxyl groups is 1. The summed E-state index contributed by atoms with van der Waals surface area (Å²) in [5.41, 5.74) is 13.6. The fourth-order valence-corrected chi connectivity index (χ4v) is 10.5. The molecule has 6 aromatic rings. The number of β-amino-alcohol motifs (C(OH)–C–C–N with tert-alkyl or cyclic N) is 1. The second-order valence-electron chi connectivity index (χ2n) is 17.2. The smallest absolute Gasteiger partial charge is 0.254 e. The number of carbonyl (C=O) groups excluding carboxylic acids is 2. The van der Waals surface area contributed by atoms with Crippen molar-refractivity contribution >= 4 is 40.0 Å². The number of piperidine rings is 1. The highest BCUT2D eigenvalue weighted by Crippen LogP contribution is 2.42. The molecule has 2 unspecified atom stereocenters. The summed E-state index contributed by atoms with van der Waals surface area (Å²) < 4.78 is 13.9. The fraction of sp³-hybridized carbons (Fsp3) is 0.444. The van der Waals surface area contributed by atoms with Crippen LogP contribution in [-0.4, -0.2) is 106 Å². The van der Waals surface area contributed by atoms with Crippen molar-refractivity contribution in [2.75, 3.05) is 25.4 Å². The number of carbonyl (C=O) groups is 2. The molecular weight excluding hydrogens is 809 g/mol. The number of aryl methyl sites for hydroxylation is 1. The molecule has 3 aliphatic rings. The van der Waals surface area contributed by atoms with Crippen LogP contribution in [0.1, 0.15) is 87.9 Å². The molecule has 0 aliphatic carbocycles. The lowest BCUT2D eigenvalue weighted by Gasteiger charge is -2.39. The Kier molecular flexibility index (Phi) is 11.4. The number of hydrogen-bond acceptors (Lipinski definition) is 14. The normalized spacial score (nSPS) is 22.4. The number of fused-ring (bicyclic) bond motifs is 3. The number of nitrogens with one attached hydrogen (secondary N) is 1. The van der Waals surface area contributed by atoms with E-state index >= 15 is 0 Å². The molecular formula is C45H52N10O6S. The molecule has 2 aromatic carbocycles. The lowest BCUT2D eigenvalue weighted by molar-refractivity contribution is -0.141. The monoisotopic (exact) mass is 860 g/mol. The average molecular weight is 861 g/mol. The Morgan fingerprint density at radius 1 is 1.02 bits per heavy atom. The van der Waals surface area contributed by atoms with Crippen LogP contribution in [0.4, 0.5) is 5.82 Å². The van der Waals surface area contributed by atoms with E-state index in [1.807, 2.05) is 80.4 Å². The van der Waals surface area contributed by atoms with Crippen molar-refractivity contribution < 1.29 is 29.1 Å². The van der Waals surface area contributed by atoms with Crippen molar-refractivity contribution in [1.29, 1.82) is 0 Å². The maximum atomic E-state index is 14.3. The van der Waals surface area contributed by atoms with E-state index in [-0.39, 0.29) is 48.5 Å². The third-order valence-electron chi connectivity index (χ3n) is 12.9. The number of nitrogen functional groups attached to an aromatic ring is 1. The van der Waals surface area contributed by atoms with Crippen LogP contribution in [0.3, 0.4) is 0 Å². The summed E-state index contributed by atoms with van der Waals surface area (Å²) in [7, 11) is 0. The molecule has 3 saturated heterocycles. The molecule has 324 valence electrons. The van der Waals surface area contributed by atoms with Gasteiger partial charge in [-0.25, -0.2) is 4.98 Å². The van der Waals surface area contributed by atoms with E-state index in [2.05, 4.69) is 30.6 Å². The van der Waals surface area contributed by atoms with Crippen molar-refractivity contribution in [2.24, 2.45) is 5.92 Å². The van der Waals surface area contributed by atoms with E-state index in [4.69, 9.17) is 20.1 Å². The van der Waals surface area contributed by atoms with Gasteiger partial charge in [-0.2, -0.15) is 5.10 Å². The second-order valence-corrected chi connectivity index (χ2v) is 18.1. The van der Waals surface area contributed by atoms with Gasteiger partial charge in [0.2, 0.25) is 11.8 Å². The molecule has 5 N–H and O–H groups in total. The van der Waals surface area contributed by atoms with Crippen molar-refractivity contribution in [3.05, 3.63) is 83.2 Å². The predicted molar refractivity (Wildman–Crippen MR) is 233 cm³/mol. The van der Waals surface area contributed by atoms with Gasteiger partial charge in [-0.1, -0.05) is 50.2 Å². The van der Waals surface area contributed by atoms with E-state index < -0.39 is 18.1 Å². The molecule has 0 radical (unpaired) electrons. The minimum absolute atomic E-state index is 0.0469. The number of amides is 2. The van der Waals surface area contributed by atoms with Gasteiger partial charge in [-0.05, 0) is 79.9 Å². The fourth-order valence-electron chi connectivity index (χ4n) is 9.72. The Morgan fingerprint density at radius 2 is 1.77 bits per heavy atom. The van der Waals surface area contributed by atoms with Crippen LogP contribution in [0, 0.1) is 12.8 Å². The van der Waals surface area contributed by atoms with E-state index in [1.165, 1.54) is 4.90 Å². The third kappa shape index (κ3) is 7.99. The number of thiazole rings is 1. The van der Waals surface area contributed by atoms with Crippen molar-refractivity contribution in [3.63, 3.8) is 0 Å². The highest BCUT2D eigenvalue weighted by atomic mass is 32.1. The van der Waals surface area contributed by atoms with Crippen LogP contribution in [0.25, 0.3) is 32.7 Å². The van der Waals surface area contributed by atoms with Crippen molar-refractivity contribution in [3.8, 4) is 33.3 Å². The van der Waals surface area contributed by atoms with Gasteiger partial charge in [-0.3, -0.25) is 19.2 Å². The van der Waals surface area contributed by atoms with Gasteiger partial charge < -0.3 is 35.4 Å². The lowest BCUT2D eigenvalue weighted by atomic mass is 9.91. The first-order valence-electron chi connectivity index (χ1n) is 21.4. The number of aromatic hydroxyl groups is 1. The number of anilines is 1. The number of rotatable bonds is 13. The van der Waals surface area contributed by atoms with Gasteiger partial charge in [0.05, 0.1) is 45.5 Å². The molecule has 17 heteroatoms. The van der Waals surface area contributed by atoms with E-state index in [1.54, 1.807) is 29.5 Å². The third-order valence-corrected chi connectivity index (χ3v) is 13.8. The van der Waals surface area contributed by atoms with Gasteiger partial charge in [0.15, 0.2) is 17.1 Å². The van der Waals surface area contributed by atoms with Crippen molar-refractivity contribution in [2.45, 2.75) is 102 Å². The molecule has 4 aromatic heterocycles.